The number of carbonyl (C=O) groups is 1. The van der Waals surface area contributed by atoms with Gasteiger partial charge in [0.15, 0.2) is 11.5 Å². The van der Waals surface area contributed by atoms with Gasteiger partial charge in [0.05, 0.1) is 16.9 Å². The average Bonchev–Trinajstić information content (AvgIpc) is 3.37. The molecule has 9 nitrogen and oxygen atoms in total. The maximum Gasteiger partial charge on any atom is 0.228 e. The number of nitrogens with one attached hydrogen (secondary N) is 1. The first-order valence-electron chi connectivity index (χ1n) is 11.6. The van der Waals surface area contributed by atoms with Crippen LogP contribution in [0, 0.1) is 13.8 Å². The van der Waals surface area contributed by atoms with Crippen molar-refractivity contribution in [2.75, 3.05) is 32.1 Å². The Kier molecular flexibility index (Phi) is 5.65. The summed E-state index contributed by atoms with van der Waals surface area (Å²) in [6.45, 7) is 5.87. The van der Waals surface area contributed by atoms with E-state index in [0.29, 0.717) is 17.3 Å². The van der Waals surface area contributed by atoms with Gasteiger partial charge in [0, 0.05) is 49.2 Å². The number of anilines is 1. The predicted octanol–water partition coefficient (Wildman–Crippen LogP) is 3.13. The molecule has 0 spiro atoms. The van der Waals surface area contributed by atoms with Crippen LogP contribution in [-0.4, -0.2) is 73.6 Å². The summed E-state index contributed by atoms with van der Waals surface area (Å²) in [4.78, 5) is 34.8. The van der Waals surface area contributed by atoms with Crippen LogP contribution in [0.15, 0.2) is 30.5 Å². The Balaban J connectivity index is 1.40. The fourth-order valence-electron chi connectivity index (χ4n) is 4.77. The number of rotatable bonds is 5. The molecule has 0 aromatic carbocycles. The first-order valence-corrected chi connectivity index (χ1v) is 11.6. The van der Waals surface area contributed by atoms with Crippen LogP contribution >= 0.6 is 0 Å². The number of aryl methyl sites for hydroxylation is 2. The molecular formula is C25H30N8O. The number of hydrogen-bond donors (Lipinski definition) is 1. The maximum atomic E-state index is 13.3. The van der Waals surface area contributed by atoms with Crippen LogP contribution in [0.5, 0.6) is 0 Å². The number of aromatic amines is 1. The minimum atomic E-state index is -0.186. The summed E-state index contributed by atoms with van der Waals surface area (Å²) in [5, 5.41) is 4.47. The summed E-state index contributed by atoms with van der Waals surface area (Å²) in [6.07, 6.45) is 3.87. The minimum Gasteiger partial charge on any atom is -0.356 e. The Morgan fingerprint density at radius 1 is 1.12 bits per heavy atom. The Morgan fingerprint density at radius 2 is 1.88 bits per heavy atom. The van der Waals surface area contributed by atoms with Crippen molar-refractivity contribution in [3.8, 4) is 11.3 Å². The molecular weight excluding hydrogens is 428 g/mol. The third-order valence-electron chi connectivity index (χ3n) is 6.85. The van der Waals surface area contributed by atoms with E-state index in [2.05, 4.69) is 43.9 Å². The third kappa shape index (κ3) is 3.96. The molecule has 9 heteroatoms. The smallest absolute Gasteiger partial charge is 0.228 e. The van der Waals surface area contributed by atoms with Crippen molar-refractivity contribution in [3.05, 3.63) is 53.2 Å². The van der Waals surface area contributed by atoms with Crippen molar-refractivity contribution >= 4 is 22.8 Å². The van der Waals surface area contributed by atoms with E-state index in [1.807, 2.05) is 37.7 Å². The number of ketones is 1. The van der Waals surface area contributed by atoms with E-state index < -0.39 is 0 Å². The van der Waals surface area contributed by atoms with Gasteiger partial charge in [0.2, 0.25) is 5.78 Å². The predicted molar refractivity (Wildman–Crippen MR) is 132 cm³/mol. The zero-order valence-electron chi connectivity index (χ0n) is 20.3. The molecule has 5 heterocycles. The van der Waals surface area contributed by atoms with E-state index in [1.165, 1.54) is 0 Å². The van der Waals surface area contributed by atoms with Crippen LogP contribution < -0.4 is 4.90 Å². The first-order chi connectivity index (χ1) is 16.3. The number of fused-ring (bicyclic) bond motifs is 1. The molecule has 176 valence electrons. The molecule has 1 saturated heterocycles. The molecule has 4 aromatic rings. The molecule has 0 amide bonds. The quantitative estimate of drug-likeness (QED) is 0.459. The molecule has 0 unspecified atom stereocenters. The molecule has 34 heavy (non-hydrogen) atoms. The molecule has 5 rings (SSSR count). The van der Waals surface area contributed by atoms with E-state index in [9.17, 15) is 4.79 Å². The SMILES string of the molecule is Cc1nn(C)c(C)c1-c1cc(C(=O)c2nc3nc(N4CCC(N(C)C)CC4)ccc3[nH]2)ccn1. The maximum absolute atomic E-state index is 13.3. The second-order valence-corrected chi connectivity index (χ2v) is 9.24. The fourth-order valence-corrected chi connectivity index (χ4v) is 4.77. The molecule has 0 saturated carbocycles. The summed E-state index contributed by atoms with van der Waals surface area (Å²) in [6, 6.07) is 8.09. The highest BCUT2D eigenvalue weighted by Gasteiger charge is 2.23. The summed E-state index contributed by atoms with van der Waals surface area (Å²) >= 11 is 0. The van der Waals surface area contributed by atoms with Gasteiger partial charge < -0.3 is 14.8 Å². The van der Waals surface area contributed by atoms with Gasteiger partial charge in [-0.05, 0) is 65.0 Å². The largest absolute Gasteiger partial charge is 0.356 e. The molecule has 1 fully saturated rings. The molecule has 1 aliphatic rings. The Hall–Kier alpha value is -3.59. The lowest BCUT2D eigenvalue weighted by atomic mass is 10.0. The molecule has 0 radical (unpaired) electrons. The molecule has 0 atom stereocenters. The van der Waals surface area contributed by atoms with Gasteiger partial charge in [-0.3, -0.25) is 14.5 Å². The number of imidazole rings is 1. The van der Waals surface area contributed by atoms with Crippen LogP contribution in [0.1, 0.15) is 40.4 Å². The van der Waals surface area contributed by atoms with E-state index in [1.54, 1.807) is 18.3 Å². The van der Waals surface area contributed by atoms with Crippen molar-refractivity contribution < 1.29 is 4.79 Å². The van der Waals surface area contributed by atoms with Gasteiger partial charge in [0.1, 0.15) is 5.82 Å². The third-order valence-corrected chi connectivity index (χ3v) is 6.85. The topological polar surface area (TPSA) is 95.8 Å². The normalized spacial score (nSPS) is 14.9. The number of H-pyrrole nitrogens is 1. The average molecular weight is 459 g/mol. The highest BCUT2D eigenvalue weighted by molar-refractivity contribution is 6.08. The van der Waals surface area contributed by atoms with Crippen molar-refractivity contribution in [3.63, 3.8) is 0 Å². The number of piperidine rings is 1. The number of pyridine rings is 2. The monoisotopic (exact) mass is 458 g/mol. The van der Waals surface area contributed by atoms with Gasteiger partial charge in [-0.15, -0.1) is 0 Å². The van der Waals surface area contributed by atoms with Crippen LogP contribution in [0.4, 0.5) is 5.82 Å². The summed E-state index contributed by atoms with van der Waals surface area (Å²) in [5.74, 6) is 1.00. The lowest BCUT2D eigenvalue weighted by molar-refractivity contribution is 0.103. The molecule has 1 N–H and O–H groups in total. The van der Waals surface area contributed by atoms with Crippen molar-refractivity contribution in [2.45, 2.75) is 32.7 Å². The highest BCUT2D eigenvalue weighted by Crippen LogP contribution is 2.26. The van der Waals surface area contributed by atoms with Crippen molar-refractivity contribution in [2.24, 2.45) is 7.05 Å². The second-order valence-electron chi connectivity index (χ2n) is 9.24. The Labute approximate surface area is 198 Å². The number of carbonyl (C=O) groups excluding carboxylic acids is 1. The molecule has 4 aromatic heterocycles. The molecule has 0 aliphatic carbocycles. The standard InChI is InChI=1S/C25H30N8O/c1-15-22(16(2)32(5)30-15)20-14-17(8-11-26-20)23(34)25-27-19-6-7-21(28-24(19)29-25)33-12-9-18(10-13-33)31(3)4/h6-8,11,14,18H,9-10,12-13H2,1-5H3,(H,27,28,29). The van der Waals surface area contributed by atoms with Gasteiger partial charge in [-0.25, -0.2) is 9.97 Å². The zero-order valence-corrected chi connectivity index (χ0v) is 20.3. The van der Waals surface area contributed by atoms with Gasteiger partial charge in [-0.2, -0.15) is 5.10 Å². The summed E-state index contributed by atoms with van der Waals surface area (Å²) < 4.78 is 1.83. The zero-order chi connectivity index (χ0) is 24.0. The van der Waals surface area contributed by atoms with Gasteiger partial charge >= 0.3 is 0 Å². The van der Waals surface area contributed by atoms with Crippen LogP contribution in [0.3, 0.4) is 0 Å². The van der Waals surface area contributed by atoms with Crippen LogP contribution in [0.25, 0.3) is 22.4 Å². The number of nitrogens with zero attached hydrogens (tertiary/aromatic N) is 7. The van der Waals surface area contributed by atoms with Gasteiger partial charge in [-0.1, -0.05) is 0 Å². The van der Waals surface area contributed by atoms with Gasteiger partial charge in [0.25, 0.3) is 0 Å². The van der Waals surface area contributed by atoms with E-state index in [4.69, 9.17) is 4.98 Å². The first kappa shape index (κ1) is 22.2. The Bertz CT molecular complexity index is 1360. The van der Waals surface area contributed by atoms with Crippen LogP contribution in [-0.2, 0) is 7.05 Å². The van der Waals surface area contributed by atoms with Crippen LogP contribution in [0.2, 0.25) is 0 Å². The molecule has 1 aliphatic heterocycles. The van der Waals surface area contributed by atoms with Crippen molar-refractivity contribution in [1.82, 2.24) is 34.6 Å². The van der Waals surface area contributed by atoms with E-state index in [-0.39, 0.29) is 11.6 Å². The highest BCUT2D eigenvalue weighted by atomic mass is 16.1. The number of hydrogen-bond acceptors (Lipinski definition) is 7. The number of aromatic nitrogens is 6. The summed E-state index contributed by atoms with van der Waals surface area (Å²) in [7, 11) is 6.18. The van der Waals surface area contributed by atoms with E-state index >= 15 is 0 Å². The lowest BCUT2D eigenvalue weighted by Crippen LogP contribution is -2.42. The fraction of sp³-hybridized carbons (Fsp3) is 0.400. The second kappa shape index (κ2) is 8.64. The molecule has 0 bridgehead atoms. The summed E-state index contributed by atoms with van der Waals surface area (Å²) in [5.41, 5.74) is 5.40. The Morgan fingerprint density at radius 3 is 2.56 bits per heavy atom. The minimum absolute atomic E-state index is 0.186. The van der Waals surface area contributed by atoms with E-state index in [0.717, 1.165) is 59.9 Å². The lowest BCUT2D eigenvalue weighted by Gasteiger charge is -2.35. The van der Waals surface area contributed by atoms with Crippen molar-refractivity contribution in [1.29, 1.82) is 0 Å².